The van der Waals surface area contributed by atoms with E-state index < -0.39 is 36.0 Å². The number of Topliss-reactive ketones (excluding diaryl/α,β-unsaturated/α-hetero) is 1. The molecule has 0 aromatic carbocycles. The largest absolute Gasteiger partial charge is 0.352 e. The Morgan fingerprint density at radius 1 is 0.851 bits per heavy atom. The molecular formula is C33H59N7O7. The molecule has 1 saturated heterocycles. The van der Waals surface area contributed by atoms with Gasteiger partial charge in [-0.3, -0.25) is 33.7 Å². The lowest BCUT2D eigenvalue weighted by Crippen LogP contribution is -2.57. The first-order chi connectivity index (χ1) is 22.2. The van der Waals surface area contributed by atoms with Crippen molar-refractivity contribution in [1.29, 1.82) is 0 Å². The second kappa shape index (κ2) is 22.1. The number of carbonyl (C=O) groups is 7. The lowest BCUT2D eigenvalue weighted by molar-refractivity contribution is -0.139. The molecule has 0 aliphatic carbocycles. The molecule has 1 aliphatic rings. The van der Waals surface area contributed by atoms with Crippen molar-refractivity contribution >= 4 is 41.4 Å². The molecule has 1 aliphatic heterocycles. The Balaban J connectivity index is 2.77. The highest BCUT2D eigenvalue weighted by molar-refractivity contribution is 6.03. The van der Waals surface area contributed by atoms with Crippen LogP contribution in [0.25, 0.3) is 0 Å². The van der Waals surface area contributed by atoms with Crippen molar-refractivity contribution in [3.63, 3.8) is 0 Å². The smallest absolute Gasteiger partial charge is 0.312 e. The van der Waals surface area contributed by atoms with Crippen molar-refractivity contribution in [2.24, 2.45) is 29.2 Å². The molecule has 0 radical (unpaired) electrons. The van der Waals surface area contributed by atoms with E-state index in [1.165, 1.54) is 4.90 Å². The van der Waals surface area contributed by atoms with Crippen LogP contribution in [-0.2, 0) is 28.8 Å². The predicted octanol–water partition coefficient (Wildman–Crippen LogP) is 1.64. The molecule has 0 bridgehead atoms. The van der Waals surface area contributed by atoms with E-state index in [2.05, 4.69) is 21.3 Å². The maximum atomic E-state index is 13.4. The molecular weight excluding hydrogens is 606 g/mol. The first-order valence-corrected chi connectivity index (χ1v) is 17.2. The quantitative estimate of drug-likeness (QED) is 0.0655. The number of unbranched alkanes of at least 4 members (excludes halogenated alkanes) is 3. The fourth-order valence-electron chi connectivity index (χ4n) is 5.58. The van der Waals surface area contributed by atoms with Gasteiger partial charge in [0.05, 0.1) is 6.04 Å². The van der Waals surface area contributed by atoms with Crippen LogP contribution in [0.4, 0.5) is 4.79 Å². The first-order valence-electron chi connectivity index (χ1n) is 17.2. The number of rotatable bonds is 24. The number of amides is 7. The summed E-state index contributed by atoms with van der Waals surface area (Å²) in [5, 5.41) is 10.8. The number of primary amides is 1. The maximum absolute atomic E-state index is 13.4. The van der Waals surface area contributed by atoms with E-state index in [0.717, 1.165) is 6.42 Å². The number of ketones is 1. The van der Waals surface area contributed by atoms with Gasteiger partial charge in [-0.15, -0.1) is 0 Å². The fraction of sp³-hybridized carbons (Fsp3) is 0.788. The summed E-state index contributed by atoms with van der Waals surface area (Å²) in [5.74, 6) is -2.63. The molecule has 0 saturated carbocycles. The summed E-state index contributed by atoms with van der Waals surface area (Å²) in [6.07, 6.45) is 6.02. The zero-order chi connectivity index (χ0) is 35.5. The van der Waals surface area contributed by atoms with E-state index >= 15 is 0 Å². The number of nitrogens with two attached hydrogens (primary N) is 2. The van der Waals surface area contributed by atoms with Crippen LogP contribution in [-0.4, -0.2) is 84.0 Å². The molecule has 0 aromatic rings. The average molecular weight is 666 g/mol. The van der Waals surface area contributed by atoms with Crippen LogP contribution in [0.3, 0.4) is 0 Å². The minimum atomic E-state index is -0.962. The second-order valence-electron chi connectivity index (χ2n) is 13.1. The Kier molecular flexibility index (Phi) is 19.5. The van der Waals surface area contributed by atoms with Gasteiger partial charge in [-0.25, -0.2) is 4.79 Å². The molecule has 1 fully saturated rings. The van der Waals surface area contributed by atoms with Gasteiger partial charge >= 0.3 is 6.03 Å². The third kappa shape index (κ3) is 15.3. The fourth-order valence-corrected chi connectivity index (χ4v) is 5.58. The van der Waals surface area contributed by atoms with Crippen LogP contribution >= 0.6 is 0 Å². The number of urea groups is 1. The summed E-state index contributed by atoms with van der Waals surface area (Å²) in [6.45, 7) is 10.0. The number of hydrogen-bond donors (Lipinski definition) is 6. The summed E-state index contributed by atoms with van der Waals surface area (Å²) in [7, 11) is 0. The molecule has 47 heavy (non-hydrogen) atoms. The van der Waals surface area contributed by atoms with Crippen LogP contribution in [0, 0.1) is 17.8 Å². The van der Waals surface area contributed by atoms with Crippen molar-refractivity contribution < 1.29 is 33.6 Å². The Bertz CT molecular complexity index is 1070. The van der Waals surface area contributed by atoms with Gasteiger partial charge in [0.25, 0.3) is 0 Å². The van der Waals surface area contributed by atoms with Crippen molar-refractivity contribution in [3.8, 4) is 0 Å². The van der Waals surface area contributed by atoms with Gasteiger partial charge in [-0.05, 0) is 63.8 Å². The van der Waals surface area contributed by atoms with Crippen molar-refractivity contribution in [2.75, 3.05) is 19.6 Å². The number of likely N-dealkylation sites (tertiary alicyclic amines) is 1. The zero-order valence-corrected chi connectivity index (χ0v) is 29.0. The Morgan fingerprint density at radius 3 is 2.13 bits per heavy atom. The van der Waals surface area contributed by atoms with Crippen LogP contribution in [0.1, 0.15) is 112 Å². The summed E-state index contributed by atoms with van der Waals surface area (Å²) >= 11 is 0. The number of hydrogen-bond acceptors (Lipinski definition) is 8. The Hall–Kier alpha value is -3.55. The topological polar surface area (TPSA) is 223 Å². The van der Waals surface area contributed by atoms with E-state index in [1.807, 2.05) is 6.92 Å². The van der Waals surface area contributed by atoms with Gasteiger partial charge in [0, 0.05) is 37.8 Å². The van der Waals surface area contributed by atoms with Gasteiger partial charge in [0.2, 0.25) is 29.5 Å². The molecule has 8 N–H and O–H groups in total. The summed E-state index contributed by atoms with van der Waals surface area (Å²) in [5.41, 5.74) is 10.7. The lowest BCUT2D eigenvalue weighted by Gasteiger charge is -2.28. The Labute approximate surface area is 279 Å². The van der Waals surface area contributed by atoms with Crippen molar-refractivity contribution in [1.82, 2.24) is 26.2 Å². The third-order valence-corrected chi connectivity index (χ3v) is 8.30. The minimum Gasteiger partial charge on any atom is -0.352 e. The molecule has 0 aromatic heterocycles. The van der Waals surface area contributed by atoms with E-state index in [0.29, 0.717) is 64.5 Å². The molecule has 268 valence electrons. The van der Waals surface area contributed by atoms with Crippen molar-refractivity contribution in [2.45, 2.75) is 130 Å². The van der Waals surface area contributed by atoms with Crippen LogP contribution < -0.4 is 32.7 Å². The molecule has 1 heterocycles. The Morgan fingerprint density at radius 2 is 1.53 bits per heavy atom. The van der Waals surface area contributed by atoms with E-state index in [9.17, 15) is 33.6 Å². The summed E-state index contributed by atoms with van der Waals surface area (Å²) in [6, 6.07) is -3.33. The molecule has 4 unspecified atom stereocenters. The molecule has 14 heteroatoms. The average Bonchev–Trinajstić information content (AvgIpc) is 3.27. The second-order valence-corrected chi connectivity index (χ2v) is 13.1. The van der Waals surface area contributed by atoms with E-state index in [1.54, 1.807) is 27.7 Å². The standard InChI is InChI=1S/C33H59N7O7/c1-6-13-23-20-27(42)40(32(23)46)19-11-7-8-16-26(41)37-25(14-9-10-17-34)30(44)39-28(21(2)3)31(45)38-24(29(43)22(4)5)15-12-18-36-33(35)47/h21-25,28H,6-20,34H2,1-5H3,(H,37,41)(H,38,45)(H,39,44)(H3,35,36,47). The monoisotopic (exact) mass is 665 g/mol. The number of carbonyl (C=O) groups excluding carboxylic acids is 7. The molecule has 0 spiro atoms. The van der Waals surface area contributed by atoms with E-state index in [4.69, 9.17) is 11.5 Å². The van der Waals surface area contributed by atoms with Crippen LogP contribution in [0.5, 0.6) is 0 Å². The third-order valence-electron chi connectivity index (χ3n) is 8.30. The lowest BCUT2D eigenvalue weighted by atomic mass is 9.96. The maximum Gasteiger partial charge on any atom is 0.312 e. The summed E-state index contributed by atoms with van der Waals surface area (Å²) in [4.78, 5) is 89.5. The minimum absolute atomic E-state index is 0.103. The normalized spacial score (nSPS) is 16.6. The molecule has 4 atom stereocenters. The molecule has 1 rings (SSSR count). The highest BCUT2D eigenvalue weighted by Crippen LogP contribution is 2.24. The highest BCUT2D eigenvalue weighted by Gasteiger charge is 2.37. The van der Waals surface area contributed by atoms with Gasteiger partial charge in [0.15, 0.2) is 5.78 Å². The van der Waals surface area contributed by atoms with Crippen LogP contribution in [0.15, 0.2) is 0 Å². The number of nitrogens with zero attached hydrogens (tertiary/aromatic N) is 1. The predicted molar refractivity (Wildman–Crippen MR) is 178 cm³/mol. The highest BCUT2D eigenvalue weighted by atomic mass is 16.2. The van der Waals surface area contributed by atoms with E-state index in [-0.39, 0.29) is 67.1 Å². The molecule has 14 nitrogen and oxygen atoms in total. The number of nitrogens with one attached hydrogen (secondary N) is 4. The first kappa shape index (κ1) is 41.5. The van der Waals surface area contributed by atoms with Gasteiger partial charge < -0.3 is 32.7 Å². The van der Waals surface area contributed by atoms with Crippen LogP contribution in [0.2, 0.25) is 0 Å². The van der Waals surface area contributed by atoms with Gasteiger partial charge in [0.1, 0.15) is 12.1 Å². The SMILES string of the molecule is CCCC1CC(=O)N(CCCCCC(=O)NC(CCCCN)C(=O)NC(C(=O)NC(CCCNC(N)=O)C(=O)C(C)C)C(C)C)C1=O. The number of imide groups is 1. The van der Waals surface area contributed by atoms with Gasteiger partial charge in [-0.2, -0.15) is 0 Å². The molecule has 7 amide bonds. The zero-order valence-electron chi connectivity index (χ0n) is 29.0. The van der Waals surface area contributed by atoms with Crippen molar-refractivity contribution in [3.05, 3.63) is 0 Å². The summed E-state index contributed by atoms with van der Waals surface area (Å²) < 4.78 is 0. The van der Waals surface area contributed by atoms with Gasteiger partial charge in [-0.1, -0.05) is 47.5 Å².